The van der Waals surface area contributed by atoms with Crippen molar-refractivity contribution in [1.29, 1.82) is 5.41 Å². The van der Waals surface area contributed by atoms with Gasteiger partial charge in [-0.1, -0.05) is 18.2 Å². The first-order valence-electron chi connectivity index (χ1n) is 10.3. The van der Waals surface area contributed by atoms with E-state index in [0.29, 0.717) is 16.7 Å². The zero-order valence-corrected chi connectivity index (χ0v) is 18.5. The van der Waals surface area contributed by atoms with E-state index in [1.165, 1.54) is 10.5 Å². The maximum atomic E-state index is 13.2. The third kappa shape index (κ3) is 3.64. The predicted molar refractivity (Wildman–Crippen MR) is 122 cm³/mol. The van der Waals surface area contributed by atoms with E-state index in [9.17, 15) is 9.59 Å². The molecule has 0 unspecified atom stereocenters. The van der Waals surface area contributed by atoms with Crippen molar-refractivity contribution in [2.75, 3.05) is 7.11 Å². The maximum Gasteiger partial charge on any atom is 0.267 e. The fraction of sp³-hybridized carbons (Fsp3) is 0.250. The van der Waals surface area contributed by atoms with Gasteiger partial charge in [-0.25, -0.2) is 4.98 Å². The molecule has 0 fully saturated rings. The third-order valence-corrected chi connectivity index (χ3v) is 5.45. The molecule has 4 aromatic rings. The Kier molecular flexibility index (Phi) is 5.52. The van der Waals surface area contributed by atoms with E-state index in [-0.39, 0.29) is 29.2 Å². The molecular formula is C24H25N5O3. The molecule has 0 atom stereocenters. The lowest BCUT2D eigenvalue weighted by atomic mass is 10.1. The summed E-state index contributed by atoms with van der Waals surface area (Å²) in [5, 5.41) is 11.8. The van der Waals surface area contributed by atoms with Crippen LogP contribution < -0.4 is 21.1 Å². The van der Waals surface area contributed by atoms with Gasteiger partial charge in [0.15, 0.2) is 0 Å². The van der Waals surface area contributed by atoms with Gasteiger partial charge in [0.25, 0.3) is 11.5 Å². The molecule has 0 radical (unpaired) electrons. The molecule has 1 amide bonds. The summed E-state index contributed by atoms with van der Waals surface area (Å²) in [5.74, 6) is 0.312. The zero-order chi connectivity index (χ0) is 23.0. The lowest BCUT2D eigenvalue weighted by Crippen LogP contribution is -2.35. The Labute approximate surface area is 184 Å². The Bertz CT molecular complexity index is 1450. The topological polar surface area (TPSA) is 101 Å². The Balaban J connectivity index is 1.82. The second-order valence-corrected chi connectivity index (χ2v) is 7.94. The zero-order valence-electron chi connectivity index (χ0n) is 18.5. The maximum absolute atomic E-state index is 13.2. The van der Waals surface area contributed by atoms with Crippen LogP contribution in [0.2, 0.25) is 0 Å². The van der Waals surface area contributed by atoms with E-state index < -0.39 is 5.91 Å². The van der Waals surface area contributed by atoms with Gasteiger partial charge in [0.1, 0.15) is 22.5 Å². The van der Waals surface area contributed by atoms with Crippen molar-refractivity contribution in [2.45, 2.75) is 33.4 Å². The Morgan fingerprint density at radius 2 is 1.91 bits per heavy atom. The summed E-state index contributed by atoms with van der Waals surface area (Å²) < 4.78 is 8.26. The number of carbonyl (C=O) groups excluding carboxylic acids is 1. The van der Waals surface area contributed by atoms with E-state index in [1.807, 2.05) is 51.1 Å². The van der Waals surface area contributed by atoms with Crippen LogP contribution in [0.25, 0.3) is 16.7 Å². The van der Waals surface area contributed by atoms with E-state index in [0.717, 1.165) is 16.9 Å². The number of rotatable bonds is 5. The number of carbonyl (C=O) groups is 1. The molecule has 0 aliphatic carbocycles. The largest absolute Gasteiger partial charge is 0.497 e. The van der Waals surface area contributed by atoms with E-state index in [4.69, 9.17) is 15.1 Å². The van der Waals surface area contributed by atoms with Crippen molar-refractivity contribution in [1.82, 2.24) is 19.3 Å². The smallest absolute Gasteiger partial charge is 0.267 e. The predicted octanol–water partition coefficient (Wildman–Crippen LogP) is 2.96. The molecule has 0 saturated carbocycles. The number of methoxy groups -OCH3 is 1. The molecule has 32 heavy (non-hydrogen) atoms. The molecule has 0 saturated heterocycles. The number of fused-ring (bicyclic) bond motifs is 2. The number of nitrogens with zero attached hydrogens (tertiary/aromatic N) is 3. The highest BCUT2D eigenvalue weighted by molar-refractivity contribution is 5.96. The number of pyridine rings is 2. The van der Waals surface area contributed by atoms with Crippen molar-refractivity contribution in [2.24, 2.45) is 0 Å². The molecule has 8 heteroatoms. The minimum atomic E-state index is -0.421. The summed E-state index contributed by atoms with van der Waals surface area (Å²) in [6.45, 7) is 5.97. The normalized spacial score (nSPS) is 11.3. The standard InChI is InChI=1S/C24H25N5O3/c1-14(2)29-20(25)18(23(30)26-13-16-7-9-17(32-4)10-8-16)12-19-22(29)27-21-15(3)6-5-11-28(21)24(19)31/h5-12,14,25H,13H2,1-4H3,(H,26,30). The molecule has 1 aromatic carbocycles. The Morgan fingerprint density at radius 3 is 2.56 bits per heavy atom. The number of aromatic nitrogens is 3. The molecule has 164 valence electrons. The van der Waals surface area contributed by atoms with Gasteiger partial charge in [-0.2, -0.15) is 0 Å². The van der Waals surface area contributed by atoms with Gasteiger partial charge in [0.05, 0.1) is 18.1 Å². The minimum Gasteiger partial charge on any atom is -0.497 e. The first-order valence-corrected chi connectivity index (χ1v) is 10.3. The summed E-state index contributed by atoms with van der Waals surface area (Å²) in [4.78, 5) is 30.9. The van der Waals surface area contributed by atoms with Gasteiger partial charge in [-0.3, -0.25) is 19.4 Å². The molecule has 0 aliphatic rings. The van der Waals surface area contributed by atoms with Gasteiger partial charge in [0, 0.05) is 18.8 Å². The second kappa shape index (κ2) is 8.30. The third-order valence-electron chi connectivity index (χ3n) is 5.45. The van der Waals surface area contributed by atoms with Crippen LogP contribution in [-0.2, 0) is 6.54 Å². The molecule has 3 heterocycles. The minimum absolute atomic E-state index is 0.0181. The fourth-order valence-electron chi connectivity index (χ4n) is 3.76. The Morgan fingerprint density at radius 1 is 1.19 bits per heavy atom. The molecule has 0 spiro atoms. The number of nitrogens with one attached hydrogen (secondary N) is 2. The summed E-state index contributed by atoms with van der Waals surface area (Å²) >= 11 is 0. The average Bonchev–Trinajstić information content (AvgIpc) is 2.78. The number of ether oxygens (including phenoxy) is 1. The fourth-order valence-corrected chi connectivity index (χ4v) is 3.76. The average molecular weight is 431 g/mol. The monoisotopic (exact) mass is 431 g/mol. The van der Waals surface area contributed by atoms with Gasteiger partial charge in [0.2, 0.25) is 0 Å². The summed E-state index contributed by atoms with van der Waals surface area (Å²) in [6.07, 6.45) is 1.66. The van der Waals surface area contributed by atoms with E-state index >= 15 is 0 Å². The number of benzene rings is 1. The second-order valence-electron chi connectivity index (χ2n) is 7.94. The van der Waals surface area contributed by atoms with Crippen molar-refractivity contribution in [3.63, 3.8) is 0 Å². The summed E-state index contributed by atoms with van der Waals surface area (Å²) in [6, 6.07) is 12.3. The van der Waals surface area contributed by atoms with Crippen LogP contribution in [0.5, 0.6) is 5.75 Å². The highest BCUT2D eigenvalue weighted by Crippen LogP contribution is 2.16. The highest BCUT2D eigenvalue weighted by atomic mass is 16.5. The quantitative estimate of drug-likeness (QED) is 0.474. The van der Waals surface area contributed by atoms with Crippen LogP contribution in [-0.4, -0.2) is 27.0 Å². The van der Waals surface area contributed by atoms with Crippen LogP contribution in [0.3, 0.4) is 0 Å². The van der Waals surface area contributed by atoms with Gasteiger partial charge in [-0.05, 0) is 56.2 Å². The first kappa shape index (κ1) is 21.3. The SMILES string of the molecule is COc1ccc(CNC(=O)c2cc3c(=O)n4cccc(C)c4nc3n(C(C)C)c2=N)cc1. The lowest BCUT2D eigenvalue weighted by molar-refractivity contribution is 0.0948. The number of hydrogen-bond donors (Lipinski definition) is 2. The number of amides is 1. The van der Waals surface area contributed by atoms with Crippen LogP contribution in [0.15, 0.2) is 53.5 Å². The van der Waals surface area contributed by atoms with Crippen LogP contribution >= 0.6 is 0 Å². The van der Waals surface area contributed by atoms with Gasteiger partial charge in [-0.15, -0.1) is 0 Å². The van der Waals surface area contributed by atoms with Crippen LogP contribution in [0, 0.1) is 12.3 Å². The van der Waals surface area contributed by atoms with Gasteiger partial charge >= 0.3 is 0 Å². The molecule has 0 aliphatic heterocycles. The van der Waals surface area contributed by atoms with Crippen LogP contribution in [0.4, 0.5) is 0 Å². The van der Waals surface area contributed by atoms with E-state index in [2.05, 4.69) is 5.32 Å². The van der Waals surface area contributed by atoms with Crippen molar-refractivity contribution in [3.8, 4) is 5.75 Å². The first-order chi connectivity index (χ1) is 15.3. The van der Waals surface area contributed by atoms with Gasteiger partial charge < -0.3 is 14.6 Å². The molecule has 0 bridgehead atoms. The Hall–Kier alpha value is -3.94. The molecule has 3 aromatic heterocycles. The van der Waals surface area contributed by atoms with Crippen molar-refractivity contribution >= 4 is 22.6 Å². The molecule has 2 N–H and O–H groups in total. The number of aryl methyl sites for hydroxylation is 1. The van der Waals surface area contributed by atoms with Crippen LogP contribution in [0.1, 0.15) is 41.4 Å². The lowest BCUT2D eigenvalue weighted by Gasteiger charge is -2.17. The summed E-state index contributed by atoms with van der Waals surface area (Å²) in [5.41, 5.74) is 2.57. The molecule has 4 rings (SSSR count). The number of hydrogen-bond acceptors (Lipinski definition) is 5. The molecular weight excluding hydrogens is 406 g/mol. The molecule has 8 nitrogen and oxygen atoms in total. The van der Waals surface area contributed by atoms with Crippen molar-refractivity contribution < 1.29 is 9.53 Å². The summed E-state index contributed by atoms with van der Waals surface area (Å²) in [7, 11) is 1.60. The van der Waals surface area contributed by atoms with Crippen molar-refractivity contribution in [3.05, 3.63) is 81.2 Å². The van der Waals surface area contributed by atoms with E-state index in [1.54, 1.807) is 23.9 Å². The highest BCUT2D eigenvalue weighted by Gasteiger charge is 2.19.